The second-order valence-electron chi connectivity index (χ2n) is 2.97. The Bertz CT molecular complexity index is 276. The van der Waals surface area contributed by atoms with Gasteiger partial charge >= 0.3 is 0 Å². The van der Waals surface area contributed by atoms with Gasteiger partial charge in [0.2, 0.25) is 0 Å². The maximum absolute atomic E-state index is 8.62. The summed E-state index contributed by atoms with van der Waals surface area (Å²) in [6.45, 7) is 0.605. The number of methoxy groups -OCH3 is 2. The number of rotatable bonds is 6. The minimum atomic E-state index is 0.126. The molecule has 15 heavy (non-hydrogen) atoms. The second-order valence-corrected chi connectivity index (χ2v) is 2.97. The van der Waals surface area contributed by atoms with E-state index < -0.39 is 0 Å². The first kappa shape index (κ1) is 11.7. The summed E-state index contributed by atoms with van der Waals surface area (Å²) in [5.74, 6) is 2.06. The van der Waals surface area contributed by atoms with Crippen molar-refractivity contribution >= 4 is 0 Å². The van der Waals surface area contributed by atoms with Crippen molar-refractivity contribution in [3.8, 4) is 17.2 Å². The van der Waals surface area contributed by atoms with Crippen molar-refractivity contribution in [2.45, 2.75) is 6.42 Å². The minimum absolute atomic E-state index is 0.126. The molecule has 0 spiro atoms. The Hall–Kier alpha value is -1.42. The molecule has 4 heteroatoms. The van der Waals surface area contributed by atoms with E-state index >= 15 is 0 Å². The smallest absolute Gasteiger partial charge is 0.126 e. The lowest BCUT2D eigenvalue weighted by Gasteiger charge is -2.09. The largest absolute Gasteiger partial charge is 0.496 e. The van der Waals surface area contributed by atoms with Crippen molar-refractivity contribution in [3.63, 3.8) is 0 Å². The molecular weight excluding hydrogens is 196 g/mol. The van der Waals surface area contributed by atoms with Crippen LogP contribution in [0.2, 0.25) is 0 Å². The molecule has 0 saturated carbocycles. The van der Waals surface area contributed by atoms with E-state index in [1.54, 1.807) is 32.4 Å². The molecule has 4 nitrogen and oxygen atoms in total. The van der Waals surface area contributed by atoms with Gasteiger partial charge in [-0.05, 0) is 0 Å². The summed E-state index contributed by atoms with van der Waals surface area (Å²) in [7, 11) is 3.18. The molecule has 84 valence electrons. The van der Waals surface area contributed by atoms with Crippen LogP contribution in [0.15, 0.2) is 18.2 Å². The zero-order valence-corrected chi connectivity index (χ0v) is 9.03. The first-order chi connectivity index (χ1) is 7.30. The summed E-state index contributed by atoms with van der Waals surface area (Å²) in [6.07, 6.45) is 0.611. The highest BCUT2D eigenvalue weighted by atomic mass is 16.5. The molecule has 1 aromatic rings. The Labute approximate surface area is 89.4 Å². The first-order valence-electron chi connectivity index (χ1n) is 4.77. The summed E-state index contributed by atoms with van der Waals surface area (Å²) in [5.41, 5.74) is 0. The number of aliphatic hydroxyl groups is 1. The number of hydrogen-bond donors (Lipinski definition) is 1. The van der Waals surface area contributed by atoms with Gasteiger partial charge in [0.1, 0.15) is 17.2 Å². The molecule has 0 heterocycles. The monoisotopic (exact) mass is 212 g/mol. The average Bonchev–Trinajstić information content (AvgIpc) is 2.29. The van der Waals surface area contributed by atoms with Crippen molar-refractivity contribution in [3.05, 3.63) is 18.2 Å². The topological polar surface area (TPSA) is 47.9 Å². The zero-order valence-electron chi connectivity index (χ0n) is 9.03. The second kappa shape index (κ2) is 6.14. The van der Waals surface area contributed by atoms with Crippen LogP contribution in [0.4, 0.5) is 0 Å². The van der Waals surface area contributed by atoms with Crippen LogP contribution >= 0.6 is 0 Å². The van der Waals surface area contributed by atoms with E-state index in [0.717, 1.165) is 0 Å². The Morgan fingerprint density at radius 1 is 1.00 bits per heavy atom. The van der Waals surface area contributed by atoms with Crippen LogP contribution in [-0.4, -0.2) is 32.5 Å². The van der Waals surface area contributed by atoms with Crippen LogP contribution in [0, 0.1) is 0 Å². The fourth-order valence-electron chi connectivity index (χ4n) is 1.12. The molecule has 0 aliphatic carbocycles. The van der Waals surface area contributed by atoms with Gasteiger partial charge in [0.05, 0.1) is 20.8 Å². The molecule has 1 N–H and O–H groups in total. The van der Waals surface area contributed by atoms with Crippen molar-refractivity contribution in [1.82, 2.24) is 0 Å². The standard InChI is InChI=1S/C11H16O4/c1-13-9-6-10(14-2)8-11(7-9)15-5-3-4-12/h6-8,12H,3-5H2,1-2H3. The average molecular weight is 212 g/mol. The molecule has 0 radical (unpaired) electrons. The van der Waals surface area contributed by atoms with Crippen LogP contribution in [0.5, 0.6) is 17.2 Å². The summed E-state index contributed by atoms with van der Waals surface area (Å²) in [6, 6.07) is 5.33. The van der Waals surface area contributed by atoms with E-state index in [2.05, 4.69) is 0 Å². The SMILES string of the molecule is COc1cc(OC)cc(OCCCO)c1. The van der Waals surface area contributed by atoms with Gasteiger partial charge in [-0.3, -0.25) is 0 Å². The molecule has 0 saturated heterocycles. The molecule has 0 bridgehead atoms. The minimum Gasteiger partial charge on any atom is -0.496 e. The Morgan fingerprint density at radius 2 is 1.53 bits per heavy atom. The molecule has 0 fully saturated rings. The predicted octanol–water partition coefficient (Wildman–Crippen LogP) is 1.46. The number of benzene rings is 1. The lowest BCUT2D eigenvalue weighted by atomic mass is 10.3. The van der Waals surface area contributed by atoms with E-state index in [4.69, 9.17) is 19.3 Å². The molecule has 0 amide bonds. The van der Waals surface area contributed by atoms with E-state index in [-0.39, 0.29) is 6.61 Å². The van der Waals surface area contributed by atoms with Gasteiger partial charge in [0.15, 0.2) is 0 Å². The van der Waals surface area contributed by atoms with E-state index in [1.165, 1.54) is 0 Å². The summed E-state index contributed by atoms with van der Waals surface area (Å²) in [4.78, 5) is 0. The van der Waals surface area contributed by atoms with Crippen LogP contribution in [0.3, 0.4) is 0 Å². The van der Waals surface area contributed by atoms with Gasteiger partial charge in [-0.25, -0.2) is 0 Å². The molecule has 0 aromatic heterocycles. The first-order valence-corrected chi connectivity index (χ1v) is 4.77. The van der Waals surface area contributed by atoms with Gasteiger partial charge in [-0.1, -0.05) is 0 Å². The Kier molecular flexibility index (Phi) is 4.77. The molecule has 0 unspecified atom stereocenters. The molecule has 0 atom stereocenters. The lowest BCUT2D eigenvalue weighted by Crippen LogP contribution is -2.00. The maximum Gasteiger partial charge on any atom is 0.126 e. The number of hydrogen-bond acceptors (Lipinski definition) is 4. The quantitative estimate of drug-likeness (QED) is 0.725. The number of ether oxygens (including phenoxy) is 3. The van der Waals surface area contributed by atoms with Crippen molar-refractivity contribution in [2.75, 3.05) is 27.4 Å². The van der Waals surface area contributed by atoms with Crippen LogP contribution < -0.4 is 14.2 Å². The van der Waals surface area contributed by atoms with Gasteiger partial charge in [0, 0.05) is 31.2 Å². The molecular formula is C11H16O4. The summed E-state index contributed by atoms with van der Waals surface area (Å²) >= 11 is 0. The van der Waals surface area contributed by atoms with Gasteiger partial charge in [0.25, 0.3) is 0 Å². The predicted molar refractivity (Wildman–Crippen MR) is 56.7 cm³/mol. The molecule has 1 rings (SSSR count). The fourth-order valence-corrected chi connectivity index (χ4v) is 1.12. The summed E-state index contributed by atoms with van der Waals surface area (Å²) < 4.78 is 15.6. The summed E-state index contributed by atoms with van der Waals surface area (Å²) in [5, 5.41) is 8.62. The lowest BCUT2D eigenvalue weighted by molar-refractivity contribution is 0.232. The van der Waals surface area contributed by atoms with E-state index in [9.17, 15) is 0 Å². The van der Waals surface area contributed by atoms with Gasteiger partial charge < -0.3 is 19.3 Å². The highest BCUT2D eigenvalue weighted by molar-refractivity contribution is 5.41. The van der Waals surface area contributed by atoms with Gasteiger partial charge in [-0.15, -0.1) is 0 Å². The highest BCUT2D eigenvalue weighted by Crippen LogP contribution is 2.27. The molecule has 0 aliphatic rings. The van der Waals surface area contributed by atoms with E-state index in [1.807, 2.05) is 0 Å². The third-order valence-corrected chi connectivity index (χ3v) is 1.90. The van der Waals surface area contributed by atoms with Crippen LogP contribution in [-0.2, 0) is 0 Å². The maximum atomic E-state index is 8.62. The third kappa shape index (κ3) is 3.67. The van der Waals surface area contributed by atoms with Gasteiger partial charge in [-0.2, -0.15) is 0 Å². The van der Waals surface area contributed by atoms with E-state index in [0.29, 0.717) is 30.3 Å². The van der Waals surface area contributed by atoms with Crippen molar-refractivity contribution in [2.24, 2.45) is 0 Å². The number of aliphatic hydroxyl groups excluding tert-OH is 1. The zero-order chi connectivity index (χ0) is 11.1. The molecule has 1 aromatic carbocycles. The Morgan fingerprint density at radius 3 is 2.00 bits per heavy atom. The third-order valence-electron chi connectivity index (χ3n) is 1.90. The Balaban J connectivity index is 2.68. The molecule has 0 aliphatic heterocycles. The van der Waals surface area contributed by atoms with Crippen molar-refractivity contribution < 1.29 is 19.3 Å². The van der Waals surface area contributed by atoms with Crippen molar-refractivity contribution in [1.29, 1.82) is 0 Å². The van der Waals surface area contributed by atoms with Crippen LogP contribution in [0.1, 0.15) is 6.42 Å². The highest BCUT2D eigenvalue weighted by Gasteiger charge is 2.02. The fraction of sp³-hybridized carbons (Fsp3) is 0.455. The normalized spacial score (nSPS) is 9.80. The van der Waals surface area contributed by atoms with Crippen LogP contribution in [0.25, 0.3) is 0 Å².